The molecular formula is C20H26O. The molecule has 1 unspecified atom stereocenters. The number of hydrogen-bond donors (Lipinski definition) is 0. The minimum absolute atomic E-state index is 0.632. The molecular weight excluding hydrogens is 256 g/mol. The van der Waals surface area contributed by atoms with Gasteiger partial charge in [0.2, 0.25) is 0 Å². The highest BCUT2D eigenvalue weighted by atomic mass is 16.5. The van der Waals surface area contributed by atoms with E-state index in [1.807, 2.05) is 30.3 Å². The molecule has 0 heterocycles. The molecule has 0 N–H and O–H groups in total. The van der Waals surface area contributed by atoms with Crippen molar-refractivity contribution in [2.75, 3.05) is 0 Å². The summed E-state index contributed by atoms with van der Waals surface area (Å²) in [7, 11) is 0. The molecule has 1 nitrogen and oxygen atoms in total. The van der Waals surface area contributed by atoms with Crippen LogP contribution in [0.15, 0.2) is 54.6 Å². The predicted molar refractivity (Wildman–Crippen MR) is 90.1 cm³/mol. The van der Waals surface area contributed by atoms with Gasteiger partial charge in [-0.1, -0.05) is 69.9 Å². The van der Waals surface area contributed by atoms with Crippen LogP contribution in [0.5, 0.6) is 11.5 Å². The molecule has 0 fully saturated rings. The molecule has 0 aliphatic heterocycles. The summed E-state index contributed by atoms with van der Waals surface area (Å²) in [5.74, 6) is 2.42. The van der Waals surface area contributed by atoms with Crippen molar-refractivity contribution in [1.82, 2.24) is 0 Å². The molecule has 0 aromatic heterocycles. The maximum Gasteiger partial charge on any atom is 0.127 e. The maximum absolute atomic E-state index is 5.83. The molecule has 0 aliphatic carbocycles. The van der Waals surface area contributed by atoms with Crippen molar-refractivity contribution in [3.05, 3.63) is 60.2 Å². The minimum atomic E-state index is 0.632. The molecule has 0 saturated heterocycles. The highest BCUT2D eigenvalue weighted by Gasteiger charge is 2.05. The highest BCUT2D eigenvalue weighted by Crippen LogP contribution is 2.26. The van der Waals surface area contributed by atoms with Crippen molar-refractivity contribution in [3.8, 4) is 11.5 Å². The highest BCUT2D eigenvalue weighted by molar-refractivity contribution is 5.33. The molecule has 0 aliphatic rings. The lowest BCUT2D eigenvalue weighted by Crippen LogP contribution is -1.94. The van der Waals surface area contributed by atoms with E-state index in [2.05, 4.69) is 38.1 Å². The van der Waals surface area contributed by atoms with Crippen molar-refractivity contribution in [2.45, 2.75) is 51.9 Å². The van der Waals surface area contributed by atoms with Gasteiger partial charge in [-0.05, 0) is 42.2 Å². The van der Waals surface area contributed by atoms with Gasteiger partial charge in [-0.2, -0.15) is 0 Å². The van der Waals surface area contributed by atoms with Gasteiger partial charge in [0.05, 0.1) is 0 Å². The van der Waals surface area contributed by atoms with E-state index in [1.165, 1.54) is 37.7 Å². The molecule has 0 saturated carbocycles. The van der Waals surface area contributed by atoms with Crippen LogP contribution in [0.25, 0.3) is 0 Å². The van der Waals surface area contributed by atoms with Crippen molar-refractivity contribution in [3.63, 3.8) is 0 Å². The van der Waals surface area contributed by atoms with Crippen LogP contribution in [0.2, 0.25) is 0 Å². The summed E-state index contributed by atoms with van der Waals surface area (Å²) in [5.41, 5.74) is 1.41. The quantitative estimate of drug-likeness (QED) is 0.499. The lowest BCUT2D eigenvalue weighted by Gasteiger charge is -2.13. The Bertz CT molecular complexity index is 501. The van der Waals surface area contributed by atoms with Gasteiger partial charge < -0.3 is 4.74 Å². The van der Waals surface area contributed by atoms with Crippen LogP contribution in [0, 0.1) is 0 Å². The van der Waals surface area contributed by atoms with E-state index in [0.717, 1.165) is 11.5 Å². The first-order valence-corrected chi connectivity index (χ1v) is 8.12. The first-order chi connectivity index (χ1) is 10.3. The third-order valence-electron chi connectivity index (χ3n) is 3.92. The fraction of sp³-hybridized carbons (Fsp3) is 0.400. The number of ether oxygens (including phenoxy) is 1. The van der Waals surface area contributed by atoms with Crippen LogP contribution >= 0.6 is 0 Å². The van der Waals surface area contributed by atoms with E-state index < -0.39 is 0 Å². The second-order valence-electron chi connectivity index (χ2n) is 5.73. The smallest absolute Gasteiger partial charge is 0.127 e. The molecule has 21 heavy (non-hydrogen) atoms. The number of rotatable bonds is 8. The zero-order valence-electron chi connectivity index (χ0n) is 13.2. The molecule has 112 valence electrons. The third kappa shape index (κ3) is 5.26. The second-order valence-corrected chi connectivity index (χ2v) is 5.73. The van der Waals surface area contributed by atoms with E-state index in [-0.39, 0.29) is 0 Å². The summed E-state index contributed by atoms with van der Waals surface area (Å²) in [4.78, 5) is 0. The maximum atomic E-state index is 5.83. The van der Waals surface area contributed by atoms with Gasteiger partial charge in [0.15, 0.2) is 0 Å². The average Bonchev–Trinajstić information content (AvgIpc) is 2.53. The number of para-hydroxylation sites is 1. The van der Waals surface area contributed by atoms with Crippen molar-refractivity contribution < 1.29 is 4.74 Å². The van der Waals surface area contributed by atoms with Gasteiger partial charge in [0.1, 0.15) is 11.5 Å². The summed E-state index contributed by atoms with van der Waals surface area (Å²) >= 11 is 0. The minimum Gasteiger partial charge on any atom is -0.457 e. The first kappa shape index (κ1) is 15.6. The Balaban J connectivity index is 1.86. The Kier molecular flexibility index (Phi) is 6.33. The first-order valence-electron chi connectivity index (χ1n) is 8.12. The normalized spacial score (nSPS) is 12.1. The molecule has 2 aromatic carbocycles. The molecule has 1 heteroatoms. The van der Waals surface area contributed by atoms with Crippen LogP contribution in [0.4, 0.5) is 0 Å². The summed E-state index contributed by atoms with van der Waals surface area (Å²) in [6.45, 7) is 4.58. The molecule has 0 radical (unpaired) electrons. The number of unbranched alkanes of at least 4 members (excludes halogenated alkanes) is 3. The predicted octanol–water partition coefficient (Wildman–Crippen LogP) is 6.55. The van der Waals surface area contributed by atoms with Crippen molar-refractivity contribution in [1.29, 1.82) is 0 Å². The zero-order chi connectivity index (χ0) is 14.9. The Morgan fingerprint density at radius 1 is 0.810 bits per heavy atom. The molecule has 0 amide bonds. The van der Waals surface area contributed by atoms with Crippen LogP contribution in [0.1, 0.15) is 57.4 Å². The fourth-order valence-electron chi connectivity index (χ4n) is 2.53. The van der Waals surface area contributed by atoms with Gasteiger partial charge in [0, 0.05) is 0 Å². The van der Waals surface area contributed by atoms with Gasteiger partial charge >= 0.3 is 0 Å². The van der Waals surface area contributed by atoms with Gasteiger partial charge in [0.25, 0.3) is 0 Å². The monoisotopic (exact) mass is 282 g/mol. The SMILES string of the molecule is CCCCCCC(C)c1ccc(Oc2ccccc2)cc1. The average molecular weight is 282 g/mol. The van der Waals surface area contributed by atoms with E-state index in [0.29, 0.717) is 5.92 Å². The van der Waals surface area contributed by atoms with Crippen molar-refractivity contribution in [2.24, 2.45) is 0 Å². The lowest BCUT2D eigenvalue weighted by atomic mass is 9.95. The molecule has 2 aromatic rings. The molecule has 1 atom stereocenters. The topological polar surface area (TPSA) is 9.23 Å². The van der Waals surface area contributed by atoms with Gasteiger partial charge in [-0.25, -0.2) is 0 Å². The van der Waals surface area contributed by atoms with Gasteiger partial charge in [-0.15, -0.1) is 0 Å². The van der Waals surface area contributed by atoms with Crippen molar-refractivity contribution >= 4 is 0 Å². The van der Waals surface area contributed by atoms with Crippen LogP contribution in [0.3, 0.4) is 0 Å². The summed E-state index contributed by atoms with van der Waals surface area (Å²) in [6, 6.07) is 18.5. The second kappa shape index (κ2) is 8.51. The molecule has 0 bridgehead atoms. The standard InChI is InChI=1S/C20H26O/c1-3-4-5-7-10-17(2)18-13-15-20(16-14-18)21-19-11-8-6-9-12-19/h6,8-9,11-17H,3-5,7,10H2,1-2H3. The summed E-state index contributed by atoms with van der Waals surface area (Å²) in [5, 5.41) is 0. The fourth-order valence-corrected chi connectivity index (χ4v) is 2.53. The van der Waals surface area contributed by atoms with Crippen LogP contribution in [-0.4, -0.2) is 0 Å². The Labute approximate surface area is 129 Å². The zero-order valence-corrected chi connectivity index (χ0v) is 13.2. The summed E-state index contributed by atoms with van der Waals surface area (Å²) in [6.07, 6.45) is 6.63. The van der Waals surface area contributed by atoms with E-state index in [1.54, 1.807) is 0 Å². The lowest BCUT2D eigenvalue weighted by molar-refractivity contribution is 0.482. The van der Waals surface area contributed by atoms with E-state index >= 15 is 0 Å². The van der Waals surface area contributed by atoms with E-state index in [9.17, 15) is 0 Å². The Morgan fingerprint density at radius 3 is 2.14 bits per heavy atom. The van der Waals surface area contributed by atoms with Crippen LogP contribution in [-0.2, 0) is 0 Å². The molecule has 0 spiro atoms. The van der Waals surface area contributed by atoms with E-state index in [4.69, 9.17) is 4.74 Å². The Hall–Kier alpha value is -1.76. The van der Waals surface area contributed by atoms with Crippen LogP contribution < -0.4 is 4.74 Å². The Morgan fingerprint density at radius 2 is 1.48 bits per heavy atom. The third-order valence-corrected chi connectivity index (χ3v) is 3.92. The molecule has 2 rings (SSSR count). The summed E-state index contributed by atoms with van der Waals surface area (Å²) < 4.78 is 5.83. The number of hydrogen-bond acceptors (Lipinski definition) is 1. The largest absolute Gasteiger partial charge is 0.457 e. The van der Waals surface area contributed by atoms with Gasteiger partial charge in [-0.3, -0.25) is 0 Å². The number of benzene rings is 2.